The van der Waals surface area contributed by atoms with Crippen molar-refractivity contribution in [3.63, 3.8) is 0 Å². The van der Waals surface area contributed by atoms with E-state index in [9.17, 15) is 0 Å². The Balaban J connectivity index is 1.03. The number of hydrogen-bond donors (Lipinski definition) is 0. The van der Waals surface area contributed by atoms with Crippen molar-refractivity contribution in [3.05, 3.63) is 172 Å². The minimum atomic E-state index is 0.284. The molecule has 1 saturated heterocycles. The van der Waals surface area contributed by atoms with Crippen molar-refractivity contribution < 1.29 is 9.15 Å². The third-order valence-corrected chi connectivity index (χ3v) is 12.6. The number of anilines is 3. The zero-order valence-electron chi connectivity index (χ0n) is 30.0. The number of ether oxygens (including phenoxy) is 1. The predicted octanol–water partition coefficient (Wildman–Crippen LogP) is 11.5. The molecule has 4 aromatic carbocycles. The third-order valence-electron chi connectivity index (χ3n) is 12.6. The lowest BCUT2D eigenvalue weighted by atomic mass is 9.74. The van der Waals surface area contributed by atoms with E-state index in [1.807, 2.05) is 0 Å². The molecule has 5 aromatic rings. The highest BCUT2D eigenvalue weighted by molar-refractivity contribution is 5.85. The van der Waals surface area contributed by atoms with Gasteiger partial charge in [-0.1, -0.05) is 103 Å². The van der Waals surface area contributed by atoms with Crippen LogP contribution >= 0.6 is 0 Å². The van der Waals surface area contributed by atoms with Crippen LogP contribution < -0.4 is 15.5 Å². The van der Waals surface area contributed by atoms with Crippen molar-refractivity contribution in [1.82, 2.24) is 0 Å². The largest absolute Gasteiger partial charge is 0.489 e. The van der Waals surface area contributed by atoms with Gasteiger partial charge in [0.2, 0.25) is 0 Å². The van der Waals surface area contributed by atoms with Crippen LogP contribution in [0.5, 0.6) is 0 Å². The summed E-state index contributed by atoms with van der Waals surface area (Å²) in [7, 11) is 0. The van der Waals surface area contributed by atoms with Gasteiger partial charge in [-0.05, 0) is 116 Å². The Morgan fingerprint density at radius 3 is 2.21 bits per heavy atom. The van der Waals surface area contributed by atoms with Crippen LogP contribution in [0.25, 0.3) is 34.3 Å². The molecule has 1 fully saturated rings. The smallest absolute Gasteiger partial charge is 0.138 e. The van der Waals surface area contributed by atoms with E-state index in [2.05, 4.69) is 145 Å². The van der Waals surface area contributed by atoms with E-state index in [1.54, 1.807) is 0 Å². The molecule has 3 heteroatoms. The van der Waals surface area contributed by atoms with Crippen LogP contribution in [0.1, 0.15) is 79.5 Å². The molecule has 0 N–H and O–H groups in total. The number of rotatable bonds is 5. The summed E-state index contributed by atoms with van der Waals surface area (Å²) in [5.41, 5.74) is 14.9. The average molecular weight is 690 g/mol. The summed E-state index contributed by atoms with van der Waals surface area (Å²) in [5.74, 6) is 2.45. The minimum absolute atomic E-state index is 0.284. The highest BCUT2D eigenvalue weighted by Crippen LogP contribution is 2.50. The summed E-state index contributed by atoms with van der Waals surface area (Å²) < 4.78 is 13.2. The van der Waals surface area contributed by atoms with Crippen LogP contribution in [0.15, 0.2) is 143 Å². The summed E-state index contributed by atoms with van der Waals surface area (Å²) in [6.45, 7) is 0. The van der Waals surface area contributed by atoms with Crippen LogP contribution in [0.3, 0.4) is 0 Å². The molecule has 260 valence electrons. The van der Waals surface area contributed by atoms with Gasteiger partial charge in [0.1, 0.15) is 22.9 Å². The van der Waals surface area contributed by atoms with Crippen molar-refractivity contribution in [1.29, 1.82) is 0 Å². The standard InChI is InChI=1S/C50H43NO2/c1-2-12-38-32(10-1)22-23-35-11-7-19-45(48(35)38)51(36-28-24-33(25-29-36)39-15-8-17-43-41-13-3-5-20-46(41)52-49(39)43)37-30-26-34(27-31-37)40-16-9-18-44-42-14-4-6-21-47(42)53-50(40)44/h2-5,7,11-14,17-20,22-32,38,42,47H,1,6,8-10,15-16,21H2. The predicted molar refractivity (Wildman–Crippen MR) is 217 cm³/mol. The van der Waals surface area contributed by atoms with E-state index in [1.165, 1.54) is 67.4 Å². The van der Waals surface area contributed by atoms with E-state index in [4.69, 9.17) is 9.15 Å². The highest BCUT2D eigenvalue weighted by Gasteiger charge is 2.39. The Morgan fingerprint density at radius 1 is 0.623 bits per heavy atom. The van der Waals surface area contributed by atoms with Crippen molar-refractivity contribution in [2.24, 2.45) is 11.8 Å². The molecule has 3 nitrogen and oxygen atoms in total. The van der Waals surface area contributed by atoms with Gasteiger partial charge in [0, 0.05) is 50.5 Å². The number of para-hydroxylation sites is 1. The summed E-state index contributed by atoms with van der Waals surface area (Å²) in [6, 6.07) is 33.8. The van der Waals surface area contributed by atoms with E-state index in [0.717, 1.165) is 67.4 Å². The summed E-state index contributed by atoms with van der Waals surface area (Å²) in [4.78, 5) is 2.49. The van der Waals surface area contributed by atoms with Crippen LogP contribution in [-0.4, -0.2) is 6.10 Å². The first-order valence-electron chi connectivity index (χ1n) is 19.7. The first-order chi connectivity index (χ1) is 26.3. The molecule has 6 aliphatic rings. The molecule has 0 saturated carbocycles. The van der Waals surface area contributed by atoms with Crippen LogP contribution in [-0.2, 0) is 4.74 Å². The van der Waals surface area contributed by atoms with Gasteiger partial charge >= 0.3 is 0 Å². The lowest BCUT2D eigenvalue weighted by molar-refractivity contribution is 0.132. The molecular formula is C50H43NO2. The van der Waals surface area contributed by atoms with Gasteiger partial charge in [-0.15, -0.1) is 0 Å². The molecule has 0 bridgehead atoms. The first-order valence-corrected chi connectivity index (χ1v) is 19.7. The SMILES string of the molecule is C1=CC2c3c(cccc3N(c3ccc(C4=C5OC6CCC=CC6C5=CCC4)cc3)c3ccc(C4=c5oc6ccccc6c5=CCC4)cc3)C=CC2CC1. The van der Waals surface area contributed by atoms with Crippen LogP contribution in [0.2, 0.25) is 0 Å². The van der Waals surface area contributed by atoms with Crippen LogP contribution in [0, 0.1) is 11.8 Å². The molecule has 2 heterocycles. The van der Waals surface area contributed by atoms with E-state index >= 15 is 0 Å². The Hall–Kier alpha value is -5.54. The van der Waals surface area contributed by atoms with E-state index in [-0.39, 0.29) is 6.10 Å². The van der Waals surface area contributed by atoms with Crippen molar-refractivity contribution >= 4 is 51.3 Å². The van der Waals surface area contributed by atoms with E-state index in [0.29, 0.717) is 17.8 Å². The van der Waals surface area contributed by atoms with Gasteiger partial charge in [-0.3, -0.25) is 0 Å². The third kappa shape index (κ3) is 5.08. The first kappa shape index (κ1) is 31.0. The fourth-order valence-electron chi connectivity index (χ4n) is 10.0. The quantitative estimate of drug-likeness (QED) is 0.172. The van der Waals surface area contributed by atoms with Crippen molar-refractivity contribution in [3.8, 4) is 0 Å². The fraction of sp³-hybridized carbons (Fsp3) is 0.240. The van der Waals surface area contributed by atoms with Gasteiger partial charge in [-0.25, -0.2) is 0 Å². The Labute approximate surface area is 311 Å². The number of nitrogens with zero attached hydrogens (tertiary/aromatic N) is 1. The van der Waals surface area contributed by atoms with Gasteiger partial charge in [0.25, 0.3) is 0 Å². The number of benzene rings is 4. The number of hydrogen-bond acceptors (Lipinski definition) is 3. The number of furan rings is 1. The fourth-order valence-corrected chi connectivity index (χ4v) is 10.0. The van der Waals surface area contributed by atoms with E-state index < -0.39 is 0 Å². The normalized spacial score (nSPS) is 23.7. The molecule has 4 unspecified atom stereocenters. The van der Waals surface area contributed by atoms with Gasteiger partial charge in [-0.2, -0.15) is 0 Å². The Morgan fingerprint density at radius 2 is 1.36 bits per heavy atom. The van der Waals surface area contributed by atoms with Crippen molar-refractivity contribution in [2.75, 3.05) is 4.90 Å². The molecule has 53 heavy (non-hydrogen) atoms. The molecular weight excluding hydrogens is 647 g/mol. The van der Waals surface area contributed by atoms with Gasteiger partial charge in [0.15, 0.2) is 0 Å². The zero-order chi connectivity index (χ0) is 34.9. The summed E-state index contributed by atoms with van der Waals surface area (Å²) in [6.07, 6.45) is 28.1. The van der Waals surface area contributed by atoms with Crippen LogP contribution in [0.4, 0.5) is 17.1 Å². The lowest BCUT2D eigenvalue weighted by Crippen LogP contribution is -2.26. The topological polar surface area (TPSA) is 25.6 Å². The molecule has 1 aromatic heterocycles. The average Bonchev–Trinajstić information content (AvgIpc) is 3.80. The summed E-state index contributed by atoms with van der Waals surface area (Å²) in [5, 5.41) is 2.44. The lowest BCUT2D eigenvalue weighted by Gasteiger charge is -2.36. The molecule has 0 spiro atoms. The monoisotopic (exact) mass is 689 g/mol. The molecule has 0 amide bonds. The molecule has 11 rings (SSSR count). The maximum absolute atomic E-state index is 6.69. The highest BCUT2D eigenvalue weighted by atomic mass is 16.5. The maximum Gasteiger partial charge on any atom is 0.138 e. The molecule has 5 aliphatic carbocycles. The summed E-state index contributed by atoms with van der Waals surface area (Å²) >= 11 is 0. The van der Waals surface area contributed by atoms with Gasteiger partial charge in [0.05, 0.1) is 5.69 Å². The second-order valence-electron chi connectivity index (χ2n) is 15.5. The maximum atomic E-state index is 6.69. The molecule has 1 aliphatic heterocycles. The second kappa shape index (κ2) is 12.6. The number of fused-ring (bicyclic) bond motifs is 9. The molecule has 4 atom stereocenters. The zero-order valence-corrected chi connectivity index (χ0v) is 30.0. The molecule has 0 radical (unpaired) electrons. The number of allylic oxidation sites excluding steroid dienone is 7. The second-order valence-corrected chi connectivity index (χ2v) is 15.5. The van der Waals surface area contributed by atoms with Crippen molar-refractivity contribution in [2.45, 2.75) is 63.4 Å². The Kier molecular flexibility index (Phi) is 7.35. The Bertz CT molecular complexity index is 2560. The minimum Gasteiger partial charge on any atom is -0.489 e. The van der Waals surface area contributed by atoms with Gasteiger partial charge < -0.3 is 14.1 Å².